The molecule has 4 aromatic rings. The van der Waals surface area contributed by atoms with Gasteiger partial charge in [0.05, 0.1) is 23.1 Å². The molecule has 4 rings (SSSR count). The standard InChI is InChI=1S/C24H25ClN4O4/c1-15(2)32-21-7-5-18(13-19(21)25)23-26-24(27-33-23)29-11-8-17-12-16(4-6-20(17)29)14-28(3)10-9-22(30)31/h4-8,11-13,15H,9-10,14H2,1-3H3,(H,30,31). The highest BCUT2D eigenvalue weighted by molar-refractivity contribution is 6.32. The van der Waals surface area contributed by atoms with Crippen molar-refractivity contribution >= 4 is 28.5 Å². The highest BCUT2D eigenvalue weighted by Crippen LogP contribution is 2.31. The molecular formula is C24H25ClN4O4. The highest BCUT2D eigenvalue weighted by Gasteiger charge is 2.15. The Kier molecular flexibility index (Phi) is 6.67. The van der Waals surface area contributed by atoms with E-state index in [2.05, 4.69) is 16.2 Å². The van der Waals surface area contributed by atoms with Gasteiger partial charge in [0.25, 0.3) is 11.8 Å². The van der Waals surface area contributed by atoms with E-state index < -0.39 is 5.97 Å². The van der Waals surface area contributed by atoms with Gasteiger partial charge in [-0.3, -0.25) is 9.36 Å². The molecule has 0 bridgehead atoms. The summed E-state index contributed by atoms with van der Waals surface area (Å²) in [6.07, 6.45) is 2.04. The van der Waals surface area contributed by atoms with E-state index in [1.165, 1.54) is 0 Å². The maximum absolute atomic E-state index is 10.8. The molecule has 0 amide bonds. The molecule has 0 saturated carbocycles. The van der Waals surface area contributed by atoms with Gasteiger partial charge in [0.2, 0.25) is 0 Å². The predicted molar refractivity (Wildman–Crippen MR) is 126 cm³/mol. The van der Waals surface area contributed by atoms with Crippen LogP contribution in [-0.2, 0) is 11.3 Å². The van der Waals surface area contributed by atoms with Crippen LogP contribution < -0.4 is 4.74 Å². The number of ether oxygens (including phenoxy) is 1. The Morgan fingerprint density at radius 3 is 2.79 bits per heavy atom. The minimum atomic E-state index is -0.795. The van der Waals surface area contributed by atoms with E-state index in [1.807, 2.05) is 60.8 Å². The Balaban J connectivity index is 1.53. The van der Waals surface area contributed by atoms with E-state index in [-0.39, 0.29) is 12.5 Å². The molecule has 0 fully saturated rings. The van der Waals surface area contributed by atoms with Crippen molar-refractivity contribution in [2.24, 2.45) is 0 Å². The summed E-state index contributed by atoms with van der Waals surface area (Å²) in [4.78, 5) is 17.3. The smallest absolute Gasteiger partial charge is 0.304 e. The molecule has 0 unspecified atom stereocenters. The Morgan fingerprint density at radius 1 is 1.24 bits per heavy atom. The fourth-order valence-electron chi connectivity index (χ4n) is 3.56. The molecule has 0 atom stereocenters. The number of carboxylic acids is 1. The zero-order chi connectivity index (χ0) is 23.5. The van der Waals surface area contributed by atoms with Gasteiger partial charge in [0.15, 0.2) is 0 Å². The van der Waals surface area contributed by atoms with Crippen LogP contribution in [0.3, 0.4) is 0 Å². The lowest BCUT2D eigenvalue weighted by atomic mass is 10.1. The SMILES string of the molecule is CC(C)Oc1ccc(-c2nc(-n3ccc4cc(CN(C)CCC(=O)O)ccc43)no2)cc1Cl. The van der Waals surface area contributed by atoms with Gasteiger partial charge in [-0.2, -0.15) is 4.98 Å². The first-order valence-corrected chi connectivity index (χ1v) is 11.0. The van der Waals surface area contributed by atoms with Crippen LogP contribution in [0.25, 0.3) is 28.3 Å². The maximum atomic E-state index is 10.8. The summed E-state index contributed by atoms with van der Waals surface area (Å²) in [5, 5.41) is 14.5. The quantitative estimate of drug-likeness (QED) is 0.368. The van der Waals surface area contributed by atoms with E-state index in [0.29, 0.717) is 41.3 Å². The predicted octanol–water partition coefficient (Wildman–Crippen LogP) is 5.03. The van der Waals surface area contributed by atoms with Crippen LogP contribution in [0.15, 0.2) is 53.2 Å². The molecule has 2 heterocycles. The number of fused-ring (bicyclic) bond motifs is 1. The summed E-state index contributed by atoms with van der Waals surface area (Å²) in [6.45, 7) is 5.04. The third-order valence-electron chi connectivity index (χ3n) is 5.09. The first-order chi connectivity index (χ1) is 15.8. The van der Waals surface area contributed by atoms with Gasteiger partial charge in [0, 0.05) is 30.2 Å². The minimum Gasteiger partial charge on any atom is -0.489 e. The zero-order valence-electron chi connectivity index (χ0n) is 18.7. The summed E-state index contributed by atoms with van der Waals surface area (Å²) in [5.41, 5.74) is 2.75. The molecule has 2 aromatic carbocycles. The number of hydrogen-bond acceptors (Lipinski definition) is 6. The maximum Gasteiger partial charge on any atom is 0.304 e. The summed E-state index contributed by atoms with van der Waals surface area (Å²) in [7, 11) is 1.91. The molecule has 2 aromatic heterocycles. The molecule has 8 nitrogen and oxygen atoms in total. The van der Waals surface area contributed by atoms with Gasteiger partial charge in [0.1, 0.15) is 5.75 Å². The Bertz CT molecular complexity index is 1280. The lowest BCUT2D eigenvalue weighted by Crippen LogP contribution is -2.21. The van der Waals surface area contributed by atoms with E-state index in [0.717, 1.165) is 16.5 Å². The number of nitrogens with zero attached hydrogens (tertiary/aromatic N) is 4. The third-order valence-corrected chi connectivity index (χ3v) is 5.38. The average molecular weight is 469 g/mol. The van der Waals surface area contributed by atoms with Gasteiger partial charge in [-0.25, -0.2) is 0 Å². The van der Waals surface area contributed by atoms with Crippen LogP contribution >= 0.6 is 11.6 Å². The van der Waals surface area contributed by atoms with Crippen LogP contribution in [0, 0.1) is 0 Å². The molecule has 0 radical (unpaired) electrons. The number of aliphatic carboxylic acids is 1. The number of carbonyl (C=O) groups is 1. The molecule has 0 aliphatic rings. The summed E-state index contributed by atoms with van der Waals surface area (Å²) in [5.74, 6) is 0.596. The molecule has 0 spiro atoms. The molecule has 1 N–H and O–H groups in total. The lowest BCUT2D eigenvalue weighted by molar-refractivity contribution is -0.137. The first kappa shape index (κ1) is 22.8. The molecule has 9 heteroatoms. The number of benzene rings is 2. The Morgan fingerprint density at radius 2 is 2.06 bits per heavy atom. The van der Waals surface area contributed by atoms with Gasteiger partial charge >= 0.3 is 5.97 Å². The Labute approximate surface area is 196 Å². The second-order valence-electron chi connectivity index (χ2n) is 8.17. The number of aromatic nitrogens is 3. The Hall–Kier alpha value is -3.36. The average Bonchev–Trinajstić information content (AvgIpc) is 3.40. The summed E-state index contributed by atoms with van der Waals surface area (Å²) < 4.78 is 13.0. The summed E-state index contributed by atoms with van der Waals surface area (Å²) in [6, 6.07) is 13.5. The van der Waals surface area contributed by atoms with Crippen molar-refractivity contribution in [3.05, 3.63) is 59.2 Å². The molecule has 0 aliphatic carbocycles. The fourth-order valence-corrected chi connectivity index (χ4v) is 3.78. The monoisotopic (exact) mass is 468 g/mol. The molecule has 172 valence electrons. The van der Waals surface area contributed by atoms with Crippen LogP contribution in [0.1, 0.15) is 25.8 Å². The third kappa shape index (κ3) is 5.35. The number of halogens is 1. The number of hydrogen-bond donors (Lipinski definition) is 1. The van der Waals surface area contributed by atoms with E-state index >= 15 is 0 Å². The largest absolute Gasteiger partial charge is 0.489 e. The second kappa shape index (κ2) is 9.64. The number of rotatable bonds is 9. The zero-order valence-corrected chi connectivity index (χ0v) is 19.4. The molecule has 0 saturated heterocycles. The molecule has 33 heavy (non-hydrogen) atoms. The van der Waals surface area contributed by atoms with Crippen LogP contribution in [0.2, 0.25) is 5.02 Å². The van der Waals surface area contributed by atoms with E-state index in [1.54, 1.807) is 12.1 Å². The fraction of sp³-hybridized carbons (Fsp3) is 0.292. The summed E-state index contributed by atoms with van der Waals surface area (Å²) >= 11 is 6.34. The van der Waals surface area contributed by atoms with Crippen LogP contribution in [0.5, 0.6) is 5.75 Å². The van der Waals surface area contributed by atoms with Crippen molar-refractivity contribution in [2.75, 3.05) is 13.6 Å². The van der Waals surface area contributed by atoms with Crippen molar-refractivity contribution in [1.29, 1.82) is 0 Å². The van der Waals surface area contributed by atoms with Crippen LogP contribution in [0.4, 0.5) is 0 Å². The second-order valence-corrected chi connectivity index (χ2v) is 8.58. The van der Waals surface area contributed by atoms with Crippen LogP contribution in [-0.4, -0.2) is 50.4 Å². The van der Waals surface area contributed by atoms with Gasteiger partial charge in [-0.05, 0) is 68.0 Å². The minimum absolute atomic E-state index is 0.0241. The topological polar surface area (TPSA) is 93.6 Å². The van der Waals surface area contributed by atoms with Gasteiger partial charge in [-0.15, -0.1) is 0 Å². The normalized spacial score (nSPS) is 11.6. The van der Waals surface area contributed by atoms with Crippen molar-refractivity contribution in [3.63, 3.8) is 0 Å². The molecular weight excluding hydrogens is 444 g/mol. The van der Waals surface area contributed by atoms with Crippen molar-refractivity contribution < 1.29 is 19.2 Å². The lowest BCUT2D eigenvalue weighted by Gasteiger charge is -2.15. The van der Waals surface area contributed by atoms with E-state index in [4.69, 9.17) is 26.0 Å². The van der Waals surface area contributed by atoms with E-state index in [9.17, 15) is 4.79 Å². The van der Waals surface area contributed by atoms with Crippen molar-refractivity contribution in [3.8, 4) is 23.2 Å². The van der Waals surface area contributed by atoms with Gasteiger partial charge < -0.3 is 19.3 Å². The van der Waals surface area contributed by atoms with Gasteiger partial charge in [-0.1, -0.05) is 17.7 Å². The highest BCUT2D eigenvalue weighted by atomic mass is 35.5. The first-order valence-electron chi connectivity index (χ1n) is 10.6. The van der Waals surface area contributed by atoms with Crippen molar-refractivity contribution in [2.45, 2.75) is 32.9 Å². The molecule has 0 aliphatic heterocycles. The number of carboxylic acid groups (broad SMARTS) is 1. The van der Waals surface area contributed by atoms with Crippen molar-refractivity contribution in [1.82, 2.24) is 19.6 Å².